The van der Waals surface area contributed by atoms with E-state index in [2.05, 4.69) is 28.2 Å². The molecule has 0 amide bonds. The molecule has 2 aromatic carbocycles. The maximum Gasteiger partial charge on any atom is 0.162 e. The van der Waals surface area contributed by atoms with Crippen molar-refractivity contribution in [2.75, 3.05) is 13.7 Å². The Hall–Kier alpha value is -0.940. The molecule has 0 aromatic heterocycles. The lowest BCUT2D eigenvalue weighted by atomic mass is 10.2. The molecule has 0 atom stereocenters. The van der Waals surface area contributed by atoms with Gasteiger partial charge in [-0.3, -0.25) is 0 Å². The molecule has 0 aliphatic carbocycles. The smallest absolute Gasteiger partial charge is 0.162 e. The van der Waals surface area contributed by atoms with E-state index in [1.807, 2.05) is 18.2 Å². The highest BCUT2D eigenvalue weighted by molar-refractivity contribution is 9.10. The zero-order valence-corrected chi connectivity index (χ0v) is 17.5. The first kappa shape index (κ1) is 20.4. The van der Waals surface area contributed by atoms with Gasteiger partial charge in [-0.05, 0) is 42.8 Å². The van der Waals surface area contributed by atoms with Gasteiger partial charge in [0.15, 0.2) is 11.5 Å². The van der Waals surface area contributed by atoms with Crippen LogP contribution in [0.15, 0.2) is 34.8 Å². The lowest BCUT2D eigenvalue weighted by Crippen LogP contribution is -2.15. The van der Waals surface area contributed by atoms with E-state index in [0.717, 1.165) is 35.1 Å². The molecule has 0 fully saturated rings. The molecule has 3 nitrogen and oxygen atoms in total. The fourth-order valence-corrected chi connectivity index (χ4v) is 3.30. The summed E-state index contributed by atoms with van der Waals surface area (Å²) < 4.78 is 12.4. The van der Waals surface area contributed by atoms with Gasteiger partial charge in [-0.1, -0.05) is 58.5 Å². The number of halogens is 3. The highest BCUT2D eigenvalue weighted by Crippen LogP contribution is 2.35. The van der Waals surface area contributed by atoms with E-state index in [-0.39, 0.29) is 6.61 Å². The first-order valence-corrected chi connectivity index (χ1v) is 9.74. The van der Waals surface area contributed by atoms with Crippen molar-refractivity contribution in [1.29, 1.82) is 0 Å². The van der Waals surface area contributed by atoms with Crippen LogP contribution >= 0.6 is 39.1 Å². The largest absolute Gasteiger partial charge is 0.493 e. The molecule has 0 aliphatic heterocycles. The summed E-state index contributed by atoms with van der Waals surface area (Å²) in [7, 11) is 1.63. The Balaban J connectivity index is 2.11. The maximum absolute atomic E-state index is 6.20. The van der Waals surface area contributed by atoms with E-state index in [9.17, 15) is 0 Å². The first-order valence-electron chi connectivity index (χ1n) is 8.19. The van der Waals surface area contributed by atoms with Gasteiger partial charge in [0.05, 0.1) is 7.11 Å². The van der Waals surface area contributed by atoms with Gasteiger partial charge in [-0.25, -0.2) is 0 Å². The molecule has 0 saturated carbocycles. The van der Waals surface area contributed by atoms with E-state index < -0.39 is 0 Å². The maximum atomic E-state index is 6.20. The molecule has 2 aromatic rings. The predicted molar refractivity (Wildman–Crippen MR) is 108 cm³/mol. The van der Waals surface area contributed by atoms with Crippen molar-refractivity contribution < 1.29 is 9.47 Å². The number of unbranched alkanes of at least 4 members (excludes halogenated alkanes) is 1. The topological polar surface area (TPSA) is 30.5 Å². The Morgan fingerprint density at radius 1 is 1.12 bits per heavy atom. The molecule has 0 radical (unpaired) electrons. The highest BCUT2D eigenvalue weighted by Gasteiger charge is 2.12. The zero-order chi connectivity index (χ0) is 18.2. The number of hydrogen-bond donors (Lipinski definition) is 1. The Labute approximate surface area is 167 Å². The Kier molecular flexibility index (Phi) is 8.37. The van der Waals surface area contributed by atoms with Crippen LogP contribution in [0.4, 0.5) is 0 Å². The highest BCUT2D eigenvalue weighted by atomic mass is 79.9. The minimum atomic E-state index is 0.273. The van der Waals surface area contributed by atoms with Crippen molar-refractivity contribution in [3.05, 3.63) is 56.0 Å². The quantitative estimate of drug-likeness (QED) is 0.463. The average molecular weight is 447 g/mol. The molecule has 25 heavy (non-hydrogen) atoms. The molecule has 2 rings (SSSR count). The zero-order valence-electron chi connectivity index (χ0n) is 14.4. The standard InChI is InChI=1S/C19H22BrCl2NO2/c1-3-4-8-23-11-13-9-18(24-2)19(10-15(13)20)25-12-14-16(21)6-5-7-17(14)22/h5-7,9-10,23H,3-4,8,11-12H2,1-2H3. The van der Waals surface area contributed by atoms with Crippen LogP contribution < -0.4 is 14.8 Å². The molecular formula is C19H22BrCl2NO2. The molecule has 0 unspecified atom stereocenters. The summed E-state index contributed by atoms with van der Waals surface area (Å²) in [5.74, 6) is 1.32. The van der Waals surface area contributed by atoms with Crippen LogP contribution in [0.5, 0.6) is 11.5 Å². The van der Waals surface area contributed by atoms with Crippen molar-refractivity contribution in [2.45, 2.75) is 32.9 Å². The number of methoxy groups -OCH3 is 1. The summed E-state index contributed by atoms with van der Waals surface area (Å²) >= 11 is 16.0. The van der Waals surface area contributed by atoms with E-state index in [1.165, 1.54) is 6.42 Å². The van der Waals surface area contributed by atoms with Crippen molar-refractivity contribution in [3.63, 3.8) is 0 Å². The van der Waals surface area contributed by atoms with Gasteiger partial charge < -0.3 is 14.8 Å². The predicted octanol–water partition coefficient (Wildman–Crippen LogP) is 6.23. The minimum Gasteiger partial charge on any atom is -0.493 e. The number of nitrogens with one attached hydrogen (secondary N) is 1. The van der Waals surface area contributed by atoms with E-state index in [0.29, 0.717) is 21.5 Å². The van der Waals surface area contributed by atoms with Crippen LogP contribution in [0.3, 0.4) is 0 Å². The molecule has 136 valence electrons. The summed E-state index contributed by atoms with van der Waals surface area (Å²) in [6.07, 6.45) is 2.34. The van der Waals surface area contributed by atoms with Crippen LogP contribution in [-0.2, 0) is 13.2 Å². The second kappa shape index (κ2) is 10.3. The SMILES string of the molecule is CCCCNCc1cc(OC)c(OCc2c(Cl)cccc2Cl)cc1Br. The third kappa shape index (κ3) is 5.78. The summed E-state index contributed by atoms with van der Waals surface area (Å²) in [5.41, 5.74) is 1.88. The third-order valence-corrected chi connectivity index (χ3v) is 5.24. The average Bonchev–Trinajstić information content (AvgIpc) is 2.59. The molecule has 6 heteroatoms. The normalized spacial score (nSPS) is 10.8. The van der Waals surface area contributed by atoms with Crippen LogP contribution in [0.2, 0.25) is 10.0 Å². The van der Waals surface area contributed by atoms with Gasteiger partial charge in [0, 0.05) is 26.6 Å². The van der Waals surface area contributed by atoms with E-state index in [4.69, 9.17) is 32.7 Å². The monoisotopic (exact) mass is 445 g/mol. The number of ether oxygens (including phenoxy) is 2. The van der Waals surface area contributed by atoms with Gasteiger partial charge in [-0.15, -0.1) is 0 Å². The molecular weight excluding hydrogens is 425 g/mol. The third-order valence-electron chi connectivity index (χ3n) is 3.79. The number of rotatable bonds is 9. The van der Waals surface area contributed by atoms with Crippen LogP contribution in [0, 0.1) is 0 Å². The fraction of sp³-hybridized carbons (Fsp3) is 0.368. The van der Waals surface area contributed by atoms with Crippen molar-refractivity contribution >= 4 is 39.1 Å². The Morgan fingerprint density at radius 2 is 1.84 bits per heavy atom. The Morgan fingerprint density at radius 3 is 2.48 bits per heavy atom. The second-order valence-corrected chi connectivity index (χ2v) is 7.28. The molecule has 0 saturated heterocycles. The molecule has 0 heterocycles. The second-order valence-electron chi connectivity index (χ2n) is 5.61. The van der Waals surface area contributed by atoms with Crippen LogP contribution in [0.25, 0.3) is 0 Å². The van der Waals surface area contributed by atoms with Crippen molar-refractivity contribution in [2.24, 2.45) is 0 Å². The van der Waals surface area contributed by atoms with Gasteiger partial charge >= 0.3 is 0 Å². The van der Waals surface area contributed by atoms with E-state index >= 15 is 0 Å². The summed E-state index contributed by atoms with van der Waals surface area (Å²) in [5, 5.41) is 4.60. The van der Waals surface area contributed by atoms with Gasteiger partial charge in [0.25, 0.3) is 0 Å². The van der Waals surface area contributed by atoms with Gasteiger partial charge in [0.2, 0.25) is 0 Å². The molecule has 1 N–H and O–H groups in total. The van der Waals surface area contributed by atoms with Gasteiger partial charge in [-0.2, -0.15) is 0 Å². The van der Waals surface area contributed by atoms with E-state index in [1.54, 1.807) is 19.2 Å². The minimum absolute atomic E-state index is 0.273. The van der Waals surface area contributed by atoms with Gasteiger partial charge in [0.1, 0.15) is 6.61 Å². The van der Waals surface area contributed by atoms with Crippen LogP contribution in [-0.4, -0.2) is 13.7 Å². The fourth-order valence-electron chi connectivity index (χ4n) is 2.33. The summed E-state index contributed by atoms with van der Waals surface area (Å²) in [4.78, 5) is 0. The lowest BCUT2D eigenvalue weighted by molar-refractivity contribution is 0.284. The first-order chi connectivity index (χ1) is 12.1. The Bertz CT molecular complexity index is 690. The number of hydrogen-bond acceptors (Lipinski definition) is 3. The summed E-state index contributed by atoms with van der Waals surface area (Å²) in [6, 6.07) is 9.30. The molecule has 0 spiro atoms. The number of benzene rings is 2. The van der Waals surface area contributed by atoms with Crippen molar-refractivity contribution in [3.8, 4) is 11.5 Å². The van der Waals surface area contributed by atoms with Crippen molar-refractivity contribution in [1.82, 2.24) is 5.32 Å². The lowest BCUT2D eigenvalue weighted by Gasteiger charge is -2.15. The summed E-state index contributed by atoms with van der Waals surface area (Å²) in [6.45, 7) is 4.22. The molecule has 0 bridgehead atoms. The molecule has 0 aliphatic rings. The van der Waals surface area contributed by atoms with Crippen LogP contribution in [0.1, 0.15) is 30.9 Å².